The van der Waals surface area contributed by atoms with Crippen molar-refractivity contribution < 1.29 is 9.50 Å². The first-order valence-corrected chi connectivity index (χ1v) is 6.65. The minimum Gasteiger partial charge on any atom is -0.388 e. The molecule has 0 saturated carbocycles. The number of rotatable bonds is 7. The highest BCUT2D eigenvalue weighted by Crippen LogP contribution is 2.17. The van der Waals surface area contributed by atoms with Crippen LogP contribution in [0.2, 0.25) is 0 Å². The molecule has 1 aromatic carbocycles. The average molecular weight is 253 g/mol. The van der Waals surface area contributed by atoms with Crippen LogP contribution in [0.15, 0.2) is 24.3 Å². The van der Waals surface area contributed by atoms with E-state index < -0.39 is 6.10 Å². The standard InChI is InChI=1S/C15H24FNO/c1-4-12(2)11-17(3)9-8-15(18)13-6-5-7-14(16)10-13/h5-7,10,12,15,18H,4,8-9,11H2,1-3H3. The summed E-state index contributed by atoms with van der Waals surface area (Å²) < 4.78 is 13.0. The Labute approximate surface area is 109 Å². The molecule has 1 N–H and O–H groups in total. The maximum atomic E-state index is 13.0. The van der Waals surface area contributed by atoms with Crippen LogP contribution >= 0.6 is 0 Å². The van der Waals surface area contributed by atoms with Crippen LogP contribution in [0.25, 0.3) is 0 Å². The van der Waals surface area contributed by atoms with Crippen molar-refractivity contribution in [2.45, 2.75) is 32.8 Å². The minimum absolute atomic E-state index is 0.292. The molecule has 0 aliphatic carbocycles. The maximum absolute atomic E-state index is 13.0. The zero-order valence-electron chi connectivity index (χ0n) is 11.6. The zero-order chi connectivity index (χ0) is 13.5. The molecule has 0 fully saturated rings. The number of aliphatic hydroxyl groups excluding tert-OH is 1. The summed E-state index contributed by atoms with van der Waals surface area (Å²) in [5, 5.41) is 9.99. The van der Waals surface area contributed by atoms with Crippen LogP contribution in [-0.4, -0.2) is 30.1 Å². The van der Waals surface area contributed by atoms with Crippen molar-refractivity contribution in [3.8, 4) is 0 Å². The molecule has 0 bridgehead atoms. The number of hydrogen-bond acceptors (Lipinski definition) is 2. The highest BCUT2D eigenvalue weighted by Gasteiger charge is 2.10. The Morgan fingerprint density at radius 2 is 2.11 bits per heavy atom. The van der Waals surface area contributed by atoms with Gasteiger partial charge in [0.1, 0.15) is 5.82 Å². The fourth-order valence-corrected chi connectivity index (χ4v) is 1.98. The molecule has 0 aliphatic rings. The topological polar surface area (TPSA) is 23.5 Å². The molecule has 0 aliphatic heterocycles. The minimum atomic E-state index is -0.583. The number of halogens is 1. The van der Waals surface area contributed by atoms with E-state index in [1.807, 2.05) is 0 Å². The van der Waals surface area contributed by atoms with E-state index >= 15 is 0 Å². The summed E-state index contributed by atoms with van der Waals surface area (Å²) in [7, 11) is 2.06. The second-order valence-electron chi connectivity index (χ2n) is 5.14. The van der Waals surface area contributed by atoms with E-state index in [9.17, 15) is 9.50 Å². The van der Waals surface area contributed by atoms with Gasteiger partial charge in [-0.2, -0.15) is 0 Å². The smallest absolute Gasteiger partial charge is 0.123 e. The lowest BCUT2D eigenvalue weighted by atomic mass is 10.1. The first kappa shape index (κ1) is 15.1. The largest absolute Gasteiger partial charge is 0.388 e. The molecule has 1 rings (SSSR count). The molecule has 0 aromatic heterocycles. The van der Waals surface area contributed by atoms with Crippen LogP contribution in [-0.2, 0) is 0 Å². The fraction of sp³-hybridized carbons (Fsp3) is 0.600. The summed E-state index contributed by atoms with van der Waals surface area (Å²) >= 11 is 0. The lowest BCUT2D eigenvalue weighted by molar-refractivity contribution is 0.144. The Kier molecular flexibility index (Phi) is 6.30. The van der Waals surface area contributed by atoms with E-state index in [0.717, 1.165) is 19.5 Å². The molecule has 2 unspecified atom stereocenters. The predicted octanol–water partition coefficient (Wildman–Crippen LogP) is 3.23. The number of nitrogens with zero attached hydrogens (tertiary/aromatic N) is 1. The van der Waals surface area contributed by atoms with Gasteiger partial charge in [0.2, 0.25) is 0 Å². The van der Waals surface area contributed by atoms with E-state index in [1.165, 1.54) is 12.1 Å². The van der Waals surface area contributed by atoms with Crippen molar-refractivity contribution >= 4 is 0 Å². The molecule has 0 radical (unpaired) electrons. The molecule has 102 valence electrons. The van der Waals surface area contributed by atoms with Crippen LogP contribution in [0.3, 0.4) is 0 Å². The SMILES string of the molecule is CCC(C)CN(C)CCC(O)c1cccc(F)c1. The molecular formula is C15H24FNO. The molecule has 18 heavy (non-hydrogen) atoms. The first-order chi connectivity index (χ1) is 8.52. The number of hydrogen-bond donors (Lipinski definition) is 1. The predicted molar refractivity (Wildman–Crippen MR) is 72.9 cm³/mol. The van der Waals surface area contributed by atoms with Gasteiger partial charge in [-0.1, -0.05) is 32.4 Å². The summed E-state index contributed by atoms with van der Waals surface area (Å²) in [6.07, 6.45) is 1.22. The Bertz CT molecular complexity index is 356. The highest BCUT2D eigenvalue weighted by atomic mass is 19.1. The highest BCUT2D eigenvalue weighted by molar-refractivity contribution is 5.18. The van der Waals surface area contributed by atoms with Gasteiger partial charge < -0.3 is 10.0 Å². The van der Waals surface area contributed by atoms with E-state index in [-0.39, 0.29) is 5.82 Å². The summed E-state index contributed by atoms with van der Waals surface area (Å²) in [4.78, 5) is 2.22. The van der Waals surface area contributed by atoms with Crippen molar-refractivity contribution in [1.82, 2.24) is 4.90 Å². The van der Waals surface area contributed by atoms with Gasteiger partial charge in [0.25, 0.3) is 0 Å². The molecule has 0 saturated heterocycles. The summed E-state index contributed by atoms with van der Waals surface area (Å²) in [5.74, 6) is 0.376. The first-order valence-electron chi connectivity index (χ1n) is 6.65. The van der Waals surface area contributed by atoms with Gasteiger partial charge in [0.05, 0.1) is 6.10 Å². The van der Waals surface area contributed by atoms with Crippen LogP contribution in [0.5, 0.6) is 0 Å². The van der Waals surface area contributed by atoms with Crippen LogP contribution in [0.4, 0.5) is 4.39 Å². The number of aliphatic hydroxyl groups is 1. The van der Waals surface area contributed by atoms with Gasteiger partial charge in [0, 0.05) is 13.1 Å². The van der Waals surface area contributed by atoms with Crippen molar-refractivity contribution in [3.05, 3.63) is 35.6 Å². The molecule has 2 nitrogen and oxygen atoms in total. The van der Waals surface area contributed by atoms with Crippen LogP contribution in [0, 0.1) is 11.7 Å². The van der Waals surface area contributed by atoms with Crippen LogP contribution in [0.1, 0.15) is 38.4 Å². The third kappa shape index (κ3) is 5.15. The lowest BCUT2D eigenvalue weighted by Gasteiger charge is -2.22. The molecule has 1 aromatic rings. The molecule has 3 heteroatoms. The monoisotopic (exact) mass is 253 g/mol. The van der Waals surface area contributed by atoms with E-state index in [1.54, 1.807) is 12.1 Å². The van der Waals surface area contributed by atoms with E-state index in [2.05, 4.69) is 25.8 Å². The van der Waals surface area contributed by atoms with Gasteiger partial charge in [-0.3, -0.25) is 0 Å². The zero-order valence-corrected chi connectivity index (χ0v) is 11.6. The van der Waals surface area contributed by atoms with Crippen molar-refractivity contribution in [2.24, 2.45) is 5.92 Å². The summed E-state index contributed by atoms with van der Waals surface area (Å²) in [5.41, 5.74) is 0.659. The van der Waals surface area contributed by atoms with Crippen LogP contribution < -0.4 is 0 Å². The Hall–Kier alpha value is -0.930. The molecular weight excluding hydrogens is 229 g/mol. The van der Waals surface area contributed by atoms with Crippen molar-refractivity contribution in [3.63, 3.8) is 0 Å². The summed E-state index contributed by atoms with van der Waals surface area (Å²) in [6.45, 7) is 6.26. The summed E-state index contributed by atoms with van der Waals surface area (Å²) in [6, 6.07) is 6.20. The maximum Gasteiger partial charge on any atom is 0.123 e. The molecule has 2 atom stereocenters. The Balaban J connectivity index is 2.39. The van der Waals surface area contributed by atoms with Crippen molar-refractivity contribution in [1.29, 1.82) is 0 Å². The fourth-order valence-electron chi connectivity index (χ4n) is 1.98. The lowest BCUT2D eigenvalue weighted by Crippen LogP contribution is -2.26. The van der Waals surface area contributed by atoms with Gasteiger partial charge in [-0.25, -0.2) is 4.39 Å². The molecule has 0 heterocycles. The second-order valence-corrected chi connectivity index (χ2v) is 5.14. The van der Waals surface area contributed by atoms with Gasteiger partial charge in [0.15, 0.2) is 0 Å². The van der Waals surface area contributed by atoms with E-state index in [0.29, 0.717) is 17.9 Å². The normalized spacial score (nSPS) is 14.8. The third-order valence-corrected chi connectivity index (χ3v) is 3.34. The number of benzene rings is 1. The van der Waals surface area contributed by atoms with Crippen molar-refractivity contribution in [2.75, 3.05) is 20.1 Å². The third-order valence-electron chi connectivity index (χ3n) is 3.34. The Morgan fingerprint density at radius 3 is 2.72 bits per heavy atom. The van der Waals surface area contributed by atoms with Gasteiger partial charge in [-0.15, -0.1) is 0 Å². The quantitative estimate of drug-likeness (QED) is 0.806. The van der Waals surface area contributed by atoms with Gasteiger partial charge >= 0.3 is 0 Å². The average Bonchev–Trinajstić information content (AvgIpc) is 2.35. The molecule has 0 amide bonds. The second kappa shape index (κ2) is 7.49. The molecule has 0 spiro atoms. The Morgan fingerprint density at radius 1 is 1.39 bits per heavy atom. The van der Waals surface area contributed by atoms with E-state index in [4.69, 9.17) is 0 Å². The van der Waals surface area contributed by atoms with Gasteiger partial charge in [-0.05, 0) is 37.1 Å².